The van der Waals surface area contributed by atoms with E-state index in [9.17, 15) is 4.79 Å². The molecule has 2 aliphatic heterocycles. The highest BCUT2D eigenvalue weighted by molar-refractivity contribution is 6.30. The smallest absolute Gasteiger partial charge is 0.159 e. The minimum absolute atomic E-state index is 0.251. The fraction of sp³-hybridized carbons (Fsp3) is 0.357. The van der Waals surface area contributed by atoms with Gasteiger partial charge in [0.2, 0.25) is 0 Å². The lowest BCUT2D eigenvalue weighted by atomic mass is 9.92. The Balaban J connectivity index is 2.11. The summed E-state index contributed by atoms with van der Waals surface area (Å²) in [5.74, 6) is 0.251. The number of anilines is 1. The van der Waals surface area contributed by atoms with Crippen LogP contribution in [0.15, 0.2) is 30.0 Å². The maximum Gasteiger partial charge on any atom is 0.159 e. The zero-order chi connectivity index (χ0) is 12.0. The molecular weight excluding hydrogens is 234 g/mol. The maximum atomic E-state index is 11.6. The second-order valence-electron chi connectivity index (χ2n) is 4.80. The summed E-state index contributed by atoms with van der Waals surface area (Å²) in [6.45, 7) is 2.11. The summed E-state index contributed by atoms with van der Waals surface area (Å²) in [5.41, 5.74) is 3.66. The lowest BCUT2D eigenvalue weighted by Gasteiger charge is -2.40. The Hall–Kier alpha value is -1.28. The van der Waals surface area contributed by atoms with Gasteiger partial charge in [0.1, 0.15) is 0 Å². The number of rotatable bonds is 0. The topological polar surface area (TPSA) is 20.3 Å². The van der Waals surface area contributed by atoms with E-state index in [1.165, 1.54) is 11.3 Å². The molecule has 17 heavy (non-hydrogen) atoms. The number of nitrogens with zero attached hydrogens (tertiary/aromatic N) is 1. The lowest BCUT2D eigenvalue weighted by molar-refractivity contribution is -0.115. The summed E-state index contributed by atoms with van der Waals surface area (Å²) in [7, 11) is 0. The van der Waals surface area contributed by atoms with E-state index in [1.54, 1.807) is 6.08 Å². The zero-order valence-corrected chi connectivity index (χ0v) is 10.5. The molecule has 0 saturated carbocycles. The summed E-state index contributed by atoms with van der Waals surface area (Å²) < 4.78 is 0. The first-order valence-corrected chi connectivity index (χ1v) is 6.34. The third-order valence-electron chi connectivity index (χ3n) is 3.53. The first kappa shape index (κ1) is 10.8. The van der Waals surface area contributed by atoms with Crippen LogP contribution in [0.2, 0.25) is 5.02 Å². The van der Waals surface area contributed by atoms with Crippen molar-refractivity contribution in [2.45, 2.75) is 32.2 Å². The molecule has 88 valence electrons. The van der Waals surface area contributed by atoms with Crippen LogP contribution >= 0.6 is 11.6 Å². The Kier molecular flexibility index (Phi) is 2.48. The molecule has 0 bridgehead atoms. The van der Waals surface area contributed by atoms with E-state index in [4.69, 9.17) is 11.6 Å². The predicted octanol–water partition coefficient (Wildman–Crippen LogP) is 3.34. The van der Waals surface area contributed by atoms with Crippen molar-refractivity contribution in [3.05, 3.63) is 40.6 Å². The highest BCUT2D eigenvalue weighted by Gasteiger charge is 2.30. The fourth-order valence-corrected chi connectivity index (χ4v) is 3.01. The second-order valence-corrected chi connectivity index (χ2v) is 5.23. The third-order valence-corrected chi connectivity index (χ3v) is 3.76. The van der Waals surface area contributed by atoms with Crippen molar-refractivity contribution in [1.29, 1.82) is 0 Å². The number of ketones is 1. The molecule has 1 atom stereocenters. The van der Waals surface area contributed by atoms with Gasteiger partial charge in [0.15, 0.2) is 5.78 Å². The molecule has 0 N–H and O–H groups in total. The van der Waals surface area contributed by atoms with Gasteiger partial charge in [-0.2, -0.15) is 0 Å². The van der Waals surface area contributed by atoms with Gasteiger partial charge in [-0.1, -0.05) is 11.6 Å². The molecule has 3 heteroatoms. The Morgan fingerprint density at radius 1 is 1.35 bits per heavy atom. The van der Waals surface area contributed by atoms with Gasteiger partial charge < -0.3 is 4.90 Å². The number of aryl methyl sites for hydroxylation is 1. The number of hydrogen-bond donors (Lipinski definition) is 0. The normalized spacial score (nSPS) is 22.9. The molecule has 0 unspecified atom stereocenters. The largest absolute Gasteiger partial charge is 0.342 e. The Bertz CT molecular complexity index is 521. The monoisotopic (exact) mass is 247 g/mol. The highest BCUT2D eigenvalue weighted by Crippen LogP contribution is 2.38. The van der Waals surface area contributed by atoms with Gasteiger partial charge in [-0.3, -0.25) is 4.79 Å². The summed E-state index contributed by atoms with van der Waals surface area (Å²) in [5, 5.41) is 0.789. The van der Waals surface area contributed by atoms with E-state index in [2.05, 4.69) is 17.9 Å². The van der Waals surface area contributed by atoms with Crippen LogP contribution in [0.4, 0.5) is 5.69 Å². The van der Waals surface area contributed by atoms with Gasteiger partial charge in [0.25, 0.3) is 0 Å². The van der Waals surface area contributed by atoms with Crippen molar-refractivity contribution >= 4 is 23.1 Å². The molecule has 2 heterocycles. The standard InChI is InChI=1S/C14H14ClNO/c1-9-6-13(17)8-12-4-2-10-7-11(15)3-5-14(10)16(9)12/h3,5,7-9H,2,4,6H2,1H3/t9-/m1/s1. The average Bonchev–Trinajstić information content (AvgIpc) is 2.28. The van der Waals surface area contributed by atoms with E-state index < -0.39 is 0 Å². The molecule has 2 nitrogen and oxygen atoms in total. The van der Waals surface area contributed by atoms with Gasteiger partial charge in [-0.25, -0.2) is 0 Å². The van der Waals surface area contributed by atoms with Gasteiger partial charge in [0, 0.05) is 34.9 Å². The molecule has 0 aromatic heterocycles. The summed E-state index contributed by atoms with van der Waals surface area (Å²) in [6, 6.07) is 6.28. The van der Waals surface area contributed by atoms with Gasteiger partial charge in [0.05, 0.1) is 0 Å². The van der Waals surface area contributed by atoms with Crippen molar-refractivity contribution in [1.82, 2.24) is 0 Å². The van der Waals surface area contributed by atoms with E-state index in [-0.39, 0.29) is 11.8 Å². The summed E-state index contributed by atoms with van der Waals surface area (Å²) >= 11 is 6.02. The number of hydrogen-bond acceptors (Lipinski definition) is 2. The van der Waals surface area contributed by atoms with Crippen LogP contribution in [0.1, 0.15) is 25.3 Å². The minimum atomic E-state index is 0.251. The third kappa shape index (κ3) is 1.77. The van der Waals surface area contributed by atoms with Crippen molar-refractivity contribution in [2.75, 3.05) is 4.90 Å². The number of halogens is 1. The molecule has 0 saturated heterocycles. The second kappa shape index (κ2) is 3.88. The van der Waals surface area contributed by atoms with Crippen LogP contribution < -0.4 is 4.90 Å². The molecule has 0 fully saturated rings. The molecule has 0 spiro atoms. The number of fused-ring (bicyclic) bond motifs is 3. The Morgan fingerprint density at radius 3 is 3.00 bits per heavy atom. The van der Waals surface area contributed by atoms with Crippen LogP contribution in [0.25, 0.3) is 0 Å². The first-order valence-electron chi connectivity index (χ1n) is 5.96. The molecule has 1 aromatic carbocycles. The molecule has 2 aliphatic rings. The van der Waals surface area contributed by atoms with Crippen molar-refractivity contribution in [2.24, 2.45) is 0 Å². The van der Waals surface area contributed by atoms with E-state index in [0.717, 1.165) is 23.6 Å². The van der Waals surface area contributed by atoms with E-state index in [0.29, 0.717) is 6.42 Å². The van der Waals surface area contributed by atoms with Crippen molar-refractivity contribution < 1.29 is 4.79 Å². The summed E-state index contributed by atoms with van der Waals surface area (Å²) in [6.07, 6.45) is 4.31. The Morgan fingerprint density at radius 2 is 2.18 bits per heavy atom. The number of carbonyl (C=O) groups is 1. The number of benzene rings is 1. The zero-order valence-electron chi connectivity index (χ0n) is 9.74. The molecule has 0 aliphatic carbocycles. The number of carbonyl (C=O) groups excluding carboxylic acids is 1. The van der Waals surface area contributed by atoms with Gasteiger partial charge in [-0.15, -0.1) is 0 Å². The van der Waals surface area contributed by atoms with Gasteiger partial charge in [-0.05, 0) is 43.5 Å². The lowest BCUT2D eigenvalue weighted by Crippen LogP contribution is -2.40. The number of allylic oxidation sites excluding steroid dienone is 2. The summed E-state index contributed by atoms with van der Waals surface area (Å²) in [4.78, 5) is 13.9. The molecule has 3 rings (SSSR count). The van der Waals surface area contributed by atoms with Gasteiger partial charge >= 0.3 is 0 Å². The first-order chi connectivity index (χ1) is 8.15. The van der Waals surface area contributed by atoms with Crippen molar-refractivity contribution in [3.63, 3.8) is 0 Å². The van der Waals surface area contributed by atoms with E-state index >= 15 is 0 Å². The molecule has 0 amide bonds. The minimum Gasteiger partial charge on any atom is -0.342 e. The van der Waals surface area contributed by atoms with Crippen molar-refractivity contribution in [3.8, 4) is 0 Å². The Labute approximate surface area is 106 Å². The molecular formula is C14H14ClNO. The maximum absolute atomic E-state index is 11.6. The van der Waals surface area contributed by atoms with Crippen LogP contribution in [0.3, 0.4) is 0 Å². The molecule has 1 aromatic rings. The quantitative estimate of drug-likeness (QED) is 0.701. The van der Waals surface area contributed by atoms with Crippen LogP contribution in [-0.4, -0.2) is 11.8 Å². The fourth-order valence-electron chi connectivity index (χ4n) is 2.82. The van der Waals surface area contributed by atoms with E-state index in [1.807, 2.05) is 12.1 Å². The molecule has 0 radical (unpaired) electrons. The van der Waals surface area contributed by atoms with Crippen LogP contribution in [0.5, 0.6) is 0 Å². The SMILES string of the molecule is C[C@@H]1CC(=O)C=C2CCc3cc(Cl)ccc3N21. The van der Waals surface area contributed by atoms with Crippen LogP contribution in [0, 0.1) is 0 Å². The average molecular weight is 248 g/mol. The van der Waals surface area contributed by atoms with Crippen LogP contribution in [-0.2, 0) is 11.2 Å². The highest BCUT2D eigenvalue weighted by atomic mass is 35.5. The predicted molar refractivity (Wildman–Crippen MR) is 69.4 cm³/mol.